The van der Waals surface area contributed by atoms with E-state index in [1.165, 1.54) is 6.20 Å². The van der Waals surface area contributed by atoms with Crippen molar-refractivity contribution in [3.05, 3.63) is 71.9 Å². The molecule has 1 aliphatic rings. The molecule has 0 bridgehead atoms. The second kappa shape index (κ2) is 9.51. The molecule has 1 saturated carbocycles. The third-order valence-corrected chi connectivity index (χ3v) is 6.04. The first-order chi connectivity index (χ1) is 17.3. The number of alkyl halides is 3. The molecule has 1 aliphatic carbocycles. The number of hydrogen-bond donors (Lipinski definition) is 2. The lowest BCUT2D eigenvalue weighted by Crippen LogP contribution is -2.42. The van der Waals surface area contributed by atoms with Crippen LogP contribution in [0.15, 0.2) is 55.0 Å². The van der Waals surface area contributed by atoms with Crippen LogP contribution < -0.4 is 10.6 Å². The Balaban J connectivity index is 1.39. The van der Waals surface area contributed by atoms with E-state index in [4.69, 9.17) is 0 Å². The van der Waals surface area contributed by atoms with E-state index in [2.05, 4.69) is 30.7 Å². The third-order valence-electron chi connectivity index (χ3n) is 6.04. The number of nitrogens with one attached hydrogen (secondary N) is 2. The van der Waals surface area contributed by atoms with E-state index in [1.807, 2.05) is 6.07 Å². The molecule has 0 radical (unpaired) electrons. The van der Waals surface area contributed by atoms with E-state index in [0.29, 0.717) is 36.5 Å². The van der Waals surface area contributed by atoms with Crippen LogP contribution in [-0.2, 0) is 6.18 Å². The quantitative estimate of drug-likeness (QED) is 0.392. The molecule has 0 aliphatic heterocycles. The van der Waals surface area contributed by atoms with Crippen LogP contribution in [0.1, 0.15) is 41.6 Å². The molecule has 36 heavy (non-hydrogen) atoms. The number of halogens is 4. The summed E-state index contributed by atoms with van der Waals surface area (Å²) in [6.07, 6.45) is 0.818. The van der Waals surface area contributed by atoms with Gasteiger partial charge in [-0.2, -0.15) is 27.9 Å². The summed E-state index contributed by atoms with van der Waals surface area (Å²) in [5, 5.41) is 9.94. The van der Waals surface area contributed by atoms with E-state index in [0.717, 1.165) is 23.4 Å². The summed E-state index contributed by atoms with van der Waals surface area (Å²) in [5.74, 6) is -1.41. The van der Waals surface area contributed by atoms with Crippen molar-refractivity contribution in [1.82, 2.24) is 30.0 Å². The first kappa shape index (κ1) is 23.6. The maximum absolute atomic E-state index is 13.8. The minimum Gasteiger partial charge on any atom is -0.367 e. The van der Waals surface area contributed by atoms with Crippen molar-refractivity contribution in [2.75, 3.05) is 5.32 Å². The zero-order valence-electron chi connectivity index (χ0n) is 18.8. The summed E-state index contributed by atoms with van der Waals surface area (Å²) < 4.78 is 56.1. The second-order valence-electron chi connectivity index (χ2n) is 8.59. The van der Waals surface area contributed by atoms with E-state index in [1.54, 1.807) is 24.3 Å². The van der Waals surface area contributed by atoms with Gasteiger partial charge in [-0.3, -0.25) is 4.79 Å². The zero-order chi connectivity index (χ0) is 25.3. The molecule has 2 N–H and O–H groups in total. The van der Waals surface area contributed by atoms with Crippen LogP contribution in [0, 0.1) is 5.82 Å². The highest BCUT2D eigenvalue weighted by molar-refractivity contribution is 5.94. The third kappa shape index (κ3) is 4.97. The molecule has 4 aromatic rings. The highest BCUT2D eigenvalue weighted by atomic mass is 19.4. The van der Waals surface area contributed by atoms with Gasteiger partial charge in [0.25, 0.3) is 11.9 Å². The molecule has 0 saturated heterocycles. The molecule has 8 nitrogen and oxygen atoms in total. The summed E-state index contributed by atoms with van der Waals surface area (Å²) in [7, 11) is 0. The summed E-state index contributed by atoms with van der Waals surface area (Å²) in [5.41, 5.74) is 0.0629. The van der Waals surface area contributed by atoms with Crippen LogP contribution in [0.3, 0.4) is 0 Å². The maximum Gasteiger partial charge on any atom is 0.421 e. The molecular weight excluding hydrogens is 478 g/mol. The van der Waals surface area contributed by atoms with Crippen molar-refractivity contribution in [3.8, 4) is 5.95 Å². The van der Waals surface area contributed by atoms with Gasteiger partial charge in [-0.25, -0.2) is 14.4 Å². The fraction of sp³-hybridized carbons (Fsp3) is 0.292. The average molecular weight is 499 g/mol. The largest absolute Gasteiger partial charge is 0.421 e. The fourth-order valence-electron chi connectivity index (χ4n) is 4.34. The number of benzene rings is 1. The number of anilines is 1. The molecule has 0 unspecified atom stereocenters. The number of nitrogens with zero attached hydrogens (tertiary/aromatic N) is 5. The highest BCUT2D eigenvalue weighted by Crippen LogP contribution is 2.35. The molecule has 1 amide bonds. The number of rotatable bonds is 5. The summed E-state index contributed by atoms with van der Waals surface area (Å²) in [4.78, 5) is 24.4. The SMILES string of the molecule is O=C(N[C@@H]1CCC[C@H](Nc2nc(-n3ncc4ncc(F)cc43)ncc2C(F)(F)F)C1)c1ccccc1. The number of fused-ring (bicyclic) bond motifs is 1. The van der Waals surface area contributed by atoms with Gasteiger partial charge >= 0.3 is 6.18 Å². The van der Waals surface area contributed by atoms with Crippen LogP contribution in [0.5, 0.6) is 0 Å². The van der Waals surface area contributed by atoms with Gasteiger partial charge in [-0.15, -0.1) is 0 Å². The van der Waals surface area contributed by atoms with Crippen molar-refractivity contribution in [2.45, 2.75) is 43.9 Å². The topological polar surface area (TPSA) is 97.6 Å². The number of hydrogen-bond acceptors (Lipinski definition) is 6. The Morgan fingerprint density at radius 3 is 2.58 bits per heavy atom. The molecule has 3 heterocycles. The Labute approximate surface area is 202 Å². The monoisotopic (exact) mass is 499 g/mol. The van der Waals surface area contributed by atoms with Crippen molar-refractivity contribution in [2.24, 2.45) is 0 Å². The van der Waals surface area contributed by atoms with Crippen molar-refractivity contribution < 1.29 is 22.4 Å². The molecule has 0 spiro atoms. The average Bonchev–Trinajstić information content (AvgIpc) is 3.27. The van der Waals surface area contributed by atoms with Gasteiger partial charge in [0.15, 0.2) is 0 Å². The Bertz CT molecular complexity index is 1390. The molecule has 1 fully saturated rings. The van der Waals surface area contributed by atoms with Crippen LogP contribution in [0.25, 0.3) is 17.0 Å². The van der Waals surface area contributed by atoms with Crippen LogP contribution >= 0.6 is 0 Å². The number of amides is 1. The van der Waals surface area contributed by atoms with Gasteiger partial charge in [-0.05, 0) is 37.8 Å². The zero-order valence-corrected chi connectivity index (χ0v) is 18.8. The van der Waals surface area contributed by atoms with Gasteiger partial charge in [0.05, 0.1) is 17.9 Å². The second-order valence-corrected chi connectivity index (χ2v) is 8.59. The first-order valence-electron chi connectivity index (χ1n) is 11.3. The summed E-state index contributed by atoms with van der Waals surface area (Å²) >= 11 is 0. The lowest BCUT2D eigenvalue weighted by atomic mass is 9.90. The smallest absolute Gasteiger partial charge is 0.367 e. The predicted molar refractivity (Wildman–Crippen MR) is 123 cm³/mol. The Morgan fingerprint density at radius 1 is 1.03 bits per heavy atom. The molecule has 5 rings (SSSR count). The first-order valence-corrected chi connectivity index (χ1v) is 11.3. The lowest BCUT2D eigenvalue weighted by Gasteiger charge is -2.31. The lowest BCUT2D eigenvalue weighted by molar-refractivity contribution is -0.137. The molecule has 3 aromatic heterocycles. The molecule has 2 atom stereocenters. The molecular formula is C24H21F4N7O. The van der Waals surface area contributed by atoms with Gasteiger partial charge in [0.1, 0.15) is 22.7 Å². The van der Waals surface area contributed by atoms with E-state index in [-0.39, 0.29) is 29.5 Å². The van der Waals surface area contributed by atoms with Crippen molar-refractivity contribution in [1.29, 1.82) is 0 Å². The Morgan fingerprint density at radius 2 is 1.81 bits per heavy atom. The summed E-state index contributed by atoms with van der Waals surface area (Å²) in [6, 6.07) is 9.33. The number of carbonyl (C=O) groups excluding carboxylic acids is 1. The van der Waals surface area contributed by atoms with Gasteiger partial charge in [0.2, 0.25) is 0 Å². The van der Waals surface area contributed by atoms with Crippen LogP contribution in [0.4, 0.5) is 23.4 Å². The number of aromatic nitrogens is 5. The molecule has 186 valence electrons. The molecule has 1 aromatic carbocycles. The van der Waals surface area contributed by atoms with E-state index in [9.17, 15) is 22.4 Å². The van der Waals surface area contributed by atoms with Crippen molar-refractivity contribution >= 4 is 22.8 Å². The van der Waals surface area contributed by atoms with Crippen LogP contribution in [-0.4, -0.2) is 42.7 Å². The van der Waals surface area contributed by atoms with Gasteiger partial charge < -0.3 is 10.6 Å². The fourth-order valence-corrected chi connectivity index (χ4v) is 4.34. The normalized spacial score (nSPS) is 18.2. The number of pyridine rings is 1. The number of carbonyl (C=O) groups is 1. The van der Waals surface area contributed by atoms with Crippen LogP contribution in [0.2, 0.25) is 0 Å². The Hall–Kier alpha value is -4.09. The van der Waals surface area contributed by atoms with E-state index < -0.39 is 23.4 Å². The van der Waals surface area contributed by atoms with Gasteiger partial charge in [-0.1, -0.05) is 18.2 Å². The summed E-state index contributed by atoms with van der Waals surface area (Å²) in [6.45, 7) is 0. The van der Waals surface area contributed by atoms with Crippen molar-refractivity contribution in [3.63, 3.8) is 0 Å². The van der Waals surface area contributed by atoms with Gasteiger partial charge in [0, 0.05) is 29.9 Å². The van der Waals surface area contributed by atoms with E-state index >= 15 is 0 Å². The molecule has 12 heteroatoms. The minimum atomic E-state index is -4.70. The minimum absolute atomic E-state index is 0.155. The predicted octanol–water partition coefficient (Wildman–Crippen LogP) is 4.52. The standard InChI is InChI=1S/C24H21F4N7O/c25-15-9-20-19(29-11-15)13-31-35(20)23-30-12-18(24(26,27)28)21(34-23)32-16-7-4-8-17(10-16)33-22(36)14-5-2-1-3-6-14/h1-3,5-6,9,11-13,16-17H,4,7-8,10H2,(H,33,36)(H,30,32,34)/t16-,17+/m0/s1. The maximum atomic E-state index is 13.8. The highest BCUT2D eigenvalue weighted by Gasteiger charge is 2.36. The Kier molecular flexibility index (Phi) is 6.25.